The Labute approximate surface area is 273 Å². The first-order chi connectivity index (χ1) is 20.2. The first-order valence-electron chi connectivity index (χ1n) is 15.8. The van der Waals surface area contributed by atoms with E-state index in [4.69, 9.17) is 13.7 Å². The molecule has 43 heavy (non-hydrogen) atoms. The maximum absolute atomic E-state index is 13.2. The van der Waals surface area contributed by atoms with Gasteiger partial charge >= 0.3 is 5.97 Å². The lowest BCUT2D eigenvalue weighted by atomic mass is 9.70. The molecule has 0 amide bonds. The van der Waals surface area contributed by atoms with Crippen molar-refractivity contribution in [3.8, 4) is 0 Å². The number of esters is 1. The van der Waals surface area contributed by atoms with Gasteiger partial charge in [-0.1, -0.05) is 100 Å². The van der Waals surface area contributed by atoms with Gasteiger partial charge in [0.15, 0.2) is 5.76 Å². The molecule has 0 spiro atoms. The zero-order valence-corrected chi connectivity index (χ0v) is 30.4. The summed E-state index contributed by atoms with van der Waals surface area (Å²) < 4.78 is 20.1. The van der Waals surface area contributed by atoms with Gasteiger partial charge in [0.2, 0.25) is 0 Å². The van der Waals surface area contributed by atoms with E-state index in [2.05, 4.69) is 123 Å². The largest absolute Gasteiger partial charge is 0.460 e. The highest BCUT2D eigenvalue weighted by atomic mass is 127. The van der Waals surface area contributed by atoms with Crippen molar-refractivity contribution in [1.29, 1.82) is 0 Å². The van der Waals surface area contributed by atoms with Gasteiger partial charge in [-0.15, -0.1) is 0 Å². The zero-order chi connectivity index (χ0) is 31.4. The Morgan fingerprint density at radius 2 is 1.53 bits per heavy atom. The Hall–Kier alpha value is -1.97. The van der Waals surface area contributed by atoms with Gasteiger partial charge in [0.05, 0.1) is 9.99 Å². The summed E-state index contributed by atoms with van der Waals surface area (Å²) in [4.78, 5) is 13.2. The van der Waals surface area contributed by atoms with Crippen LogP contribution >= 0.6 is 22.6 Å². The summed E-state index contributed by atoms with van der Waals surface area (Å²) in [5.41, 5.74) is 0.312. The van der Waals surface area contributed by atoms with Gasteiger partial charge in [-0.2, -0.15) is 0 Å². The molecule has 0 unspecified atom stereocenters. The highest BCUT2D eigenvalue weighted by Gasteiger charge is 2.50. The third-order valence-electron chi connectivity index (χ3n) is 8.52. The lowest BCUT2D eigenvalue weighted by Gasteiger charge is -2.43. The van der Waals surface area contributed by atoms with Crippen molar-refractivity contribution in [2.45, 2.75) is 110 Å². The van der Waals surface area contributed by atoms with Crippen LogP contribution in [-0.2, 0) is 14.0 Å². The van der Waals surface area contributed by atoms with Crippen LogP contribution in [-0.4, -0.2) is 31.7 Å². The standard InChI is InChI=1S/C36H50INO4Si/c1-25(2)21-26-22-28(23-26)34-32(37)33(38-42-34)27(24-31(39)41-35(3,4)5)19-20-40-43(36(6,7)8,29-15-11-9-12-16-29)30-17-13-10-14-18-30/h9-18,25-28H,19-24H2,1-8H3/t26-,27-,28+/m0/s1. The van der Waals surface area contributed by atoms with E-state index in [1.165, 1.54) is 16.8 Å². The molecule has 0 saturated heterocycles. The van der Waals surface area contributed by atoms with Crippen molar-refractivity contribution in [2.24, 2.45) is 11.8 Å². The van der Waals surface area contributed by atoms with Crippen LogP contribution < -0.4 is 10.4 Å². The molecule has 1 atom stereocenters. The molecule has 0 aliphatic heterocycles. The summed E-state index contributed by atoms with van der Waals surface area (Å²) in [6.45, 7) is 17.7. The zero-order valence-electron chi connectivity index (χ0n) is 27.3. The summed E-state index contributed by atoms with van der Waals surface area (Å²) in [6, 6.07) is 21.4. The maximum atomic E-state index is 13.2. The molecule has 1 fully saturated rings. The predicted octanol–water partition coefficient (Wildman–Crippen LogP) is 8.60. The number of rotatable bonds is 12. The maximum Gasteiger partial charge on any atom is 0.306 e. The van der Waals surface area contributed by atoms with E-state index >= 15 is 0 Å². The van der Waals surface area contributed by atoms with Crippen molar-refractivity contribution < 1.29 is 18.5 Å². The number of hydrogen-bond acceptors (Lipinski definition) is 5. The van der Waals surface area contributed by atoms with E-state index in [0.29, 0.717) is 24.9 Å². The number of ether oxygens (including phenoxy) is 1. The topological polar surface area (TPSA) is 61.6 Å². The van der Waals surface area contributed by atoms with Gasteiger partial charge in [-0.25, -0.2) is 0 Å². The van der Waals surface area contributed by atoms with Crippen LogP contribution in [0.4, 0.5) is 0 Å². The fourth-order valence-corrected chi connectivity index (χ4v) is 12.3. The summed E-state index contributed by atoms with van der Waals surface area (Å²) in [5, 5.41) is 6.97. The summed E-state index contributed by atoms with van der Waals surface area (Å²) in [7, 11) is -2.70. The number of carbonyl (C=O) groups excluding carboxylic acids is 1. The van der Waals surface area contributed by atoms with Gasteiger partial charge < -0.3 is 13.7 Å². The molecule has 1 heterocycles. The highest BCUT2D eigenvalue weighted by molar-refractivity contribution is 14.1. The number of aromatic nitrogens is 1. The van der Waals surface area contributed by atoms with Crippen molar-refractivity contribution in [3.05, 3.63) is 75.7 Å². The Morgan fingerprint density at radius 3 is 2.02 bits per heavy atom. The average molecular weight is 716 g/mol. The number of hydrogen-bond donors (Lipinski definition) is 0. The molecule has 7 heteroatoms. The SMILES string of the molecule is CC(C)C[C@H]1C[C@@H](c2onc([C@@H](CCO[Si](c3ccccc3)(c3ccccc3)C(C)(C)C)CC(=O)OC(C)(C)C)c2I)C1. The number of carbonyl (C=O) groups is 1. The highest BCUT2D eigenvalue weighted by Crippen LogP contribution is 2.47. The van der Waals surface area contributed by atoms with E-state index < -0.39 is 13.9 Å². The van der Waals surface area contributed by atoms with Crippen LogP contribution in [0.3, 0.4) is 0 Å². The van der Waals surface area contributed by atoms with Gasteiger partial charge in [0.1, 0.15) is 11.3 Å². The second-order valence-electron chi connectivity index (χ2n) is 14.7. The van der Waals surface area contributed by atoms with Gasteiger partial charge in [0.25, 0.3) is 8.32 Å². The third kappa shape index (κ3) is 8.20. The Morgan fingerprint density at radius 1 is 0.977 bits per heavy atom. The second kappa shape index (κ2) is 14.0. The normalized spacial score (nSPS) is 18.4. The van der Waals surface area contributed by atoms with E-state index in [9.17, 15) is 4.79 Å². The van der Waals surface area contributed by atoms with Crippen LogP contribution in [0.5, 0.6) is 0 Å². The monoisotopic (exact) mass is 715 g/mol. The second-order valence-corrected chi connectivity index (χ2v) is 20.1. The van der Waals surface area contributed by atoms with Crippen molar-refractivity contribution in [2.75, 3.05) is 6.61 Å². The molecular formula is C36H50INO4Si. The molecule has 5 nitrogen and oxygen atoms in total. The molecule has 1 aliphatic carbocycles. The van der Waals surface area contributed by atoms with Crippen LogP contribution in [0.15, 0.2) is 65.2 Å². The molecule has 0 bridgehead atoms. The van der Waals surface area contributed by atoms with Gasteiger partial charge in [-0.05, 0) is 96.3 Å². The molecular weight excluding hydrogens is 665 g/mol. The molecule has 1 aliphatic rings. The molecule has 4 rings (SSSR count). The number of halogens is 1. The summed E-state index contributed by atoms with van der Waals surface area (Å²) in [5.74, 6) is 2.48. The third-order valence-corrected chi connectivity index (χ3v) is 14.6. The van der Waals surface area contributed by atoms with E-state index in [0.717, 1.165) is 33.8 Å². The molecule has 1 saturated carbocycles. The summed E-state index contributed by atoms with van der Waals surface area (Å²) in [6.07, 6.45) is 4.44. The van der Waals surface area contributed by atoms with Crippen LogP contribution in [0, 0.1) is 15.4 Å². The molecule has 3 aromatic rings. The molecule has 234 valence electrons. The van der Waals surface area contributed by atoms with Crippen molar-refractivity contribution in [3.63, 3.8) is 0 Å². The van der Waals surface area contributed by atoms with Crippen molar-refractivity contribution >= 4 is 47.3 Å². The van der Waals surface area contributed by atoms with Crippen LogP contribution in [0.2, 0.25) is 5.04 Å². The van der Waals surface area contributed by atoms with Crippen LogP contribution in [0.25, 0.3) is 0 Å². The Bertz CT molecular complexity index is 1280. The minimum absolute atomic E-state index is 0.122. The van der Waals surface area contributed by atoms with E-state index in [1.54, 1.807) is 0 Å². The van der Waals surface area contributed by atoms with E-state index in [1.807, 2.05) is 20.8 Å². The van der Waals surface area contributed by atoms with E-state index in [-0.39, 0.29) is 23.3 Å². The Balaban J connectivity index is 1.61. The number of nitrogens with zero attached hydrogens (tertiary/aromatic N) is 1. The number of benzene rings is 2. The molecule has 2 aromatic carbocycles. The fraction of sp³-hybridized carbons (Fsp3) is 0.556. The molecule has 1 aromatic heterocycles. The minimum atomic E-state index is -2.70. The van der Waals surface area contributed by atoms with Gasteiger partial charge in [-0.3, -0.25) is 4.79 Å². The Kier molecular flexibility index (Phi) is 11.0. The summed E-state index contributed by atoms with van der Waals surface area (Å²) >= 11 is 2.39. The minimum Gasteiger partial charge on any atom is -0.460 e. The van der Waals surface area contributed by atoms with Crippen molar-refractivity contribution in [1.82, 2.24) is 5.16 Å². The quantitative estimate of drug-likeness (QED) is 0.107. The average Bonchev–Trinajstić information content (AvgIpc) is 3.27. The lowest BCUT2D eigenvalue weighted by molar-refractivity contribution is -0.155. The first-order valence-corrected chi connectivity index (χ1v) is 18.8. The first kappa shape index (κ1) is 33.9. The fourth-order valence-electron chi connectivity index (χ4n) is 6.66. The van der Waals surface area contributed by atoms with Crippen LogP contribution in [0.1, 0.15) is 111 Å². The smallest absolute Gasteiger partial charge is 0.306 e. The molecule has 0 radical (unpaired) electrons. The molecule has 0 N–H and O–H groups in total. The van der Waals surface area contributed by atoms with Gasteiger partial charge in [0, 0.05) is 18.4 Å². The lowest BCUT2D eigenvalue weighted by Crippen LogP contribution is -2.66. The predicted molar refractivity (Wildman–Crippen MR) is 186 cm³/mol.